The molecule has 76 valence electrons. The zero-order valence-corrected chi connectivity index (χ0v) is 9.38. The fourth-order valence-corrected chi connectivity index (χ4v) is 1.44. The van der Waals surface area contributed by atoms with Crippen LogP contribution in [0.1, 0.15) is 25.5 Å². The molecule has 0 radical (unpaired) electrons. The fourth-order valence-electron chi connectivity index (χ4n) is 1.31. The van der Waals surface area contributed by atoms with Gasteiger partial charge in [0, 0.05) is 17.1 Å². The Morgan fingerprint density at radius 3 is 2.36 bits per heavy atom. The second-order valence-electron chi connectivity index (χ2n) is 3.46. The van der Waals surface area contributed by atoms with Crippen molar-refractivity contribution < 1.29 is 0 Å². The zero-order valence-electron chi connectivity index (χ0n) is 8.63. The standard InChI is InChI=1S/C12H16ClN/c1-4-9(2)14-10(3)11-5-7-12(13)8-6-11/h4-10,14H,1H2,2-3H3/t9?,10-/m1/s1. The smallest absolute Gasteiger partial charge is 0.0406 e. The molecule has 0 heterocycles. The summed E-state index contributed by atoms with van der Waals surface area (Å²) in [6.45, 7) is 7.95. The SMILES string of the molecule is C=CC(C)N[C@H](C)c1ccc(Cl)cc1. The molecule has 1 unspecified atom stereocenters. The van der Waals surface area contributed by atoms with Crippen molar-refractivity contribution in [2.45, 2.75) is 25.9 Å². The molecule has 14 heavy (non-hydrogen) atoms. The van der Waals surface area contributed by atoms with E-state index in [9.17, 15) is 0 Å². The Morgan fingerprint density at radius 1 is 1.29 bits per heavy atom. The van der Waals surface area contributed by atoms with Crippen LogP contribution in [0.4, 0.5) is 0 Å². The molecule has 1 aromatic rings. The van der Waals surface area contributed by atoms with Crippen LogP contribution in [0.5, 0.6) is 0 Å². The number of hydrogen-bond donors (Lipinski definition) is 1. The van der Waals surface area contributed by atoms with Crippen molar-refractivity contribution in [3.05, 3.63) is 47.5 Å². The molecule has 2 atom stereocenters. The molecule has 0 fully saturated rings. The Labute approximate surface area is 90.8 Å². The van der Waals surface area contributed by atoms with E-state index >= 15 is 0 Å². The highest BCUT2D eigenvalue weighted by molar-refractivity contribution is 6.30. The summed E-state index contributed by atoms with van der Waals surface area (Å²) in [5.41, 5.74) is 1.24. The van der Waals surface area contributed by atoms with Gasteiger partial charge in [0.05, 0.1) is 0 Å². The van der Waals surface area contributed by atoms with Gasteiger partial charge in [0.15, 0.2) is 0 Å². The first kappa shape index (κ1) is 11.3. The lowest BCUT2D eigenvalue weighted by molar-refractivity contribution is 0.537. The van der Waals surface area contributed by atoms with E-state index in [0.717, 1.165) is 5.02 Å². The summed E-state index contributed by atoms with van der Waals surface area (Å²) in [7, 11) is 0. The van der Waals surface area contributed by atoms with Crippen molar-refractivity contribution in [3.8, 4) is 0 Å². The van der Waals surface area contributed by atoms with E-state index in [0.29, 0.717) is 12.1 Å². The molecule has 0 aliphatic heterocycles. The molecule has 0 bridgehead atoms. The van der Waals surface area contributed by atoms with Gasteiger partial charge in [-0.2, -0.15) is 0 Å². The first-order valence-electron chi connectivity index (χ1n) is 4.77. The molecule has 0 aliphatic carbocycles. The lowest BCUT2D eigenvalue weighted by Crippen LogP contribution is -2.26. The Hall–Kier alpha value is -0.790. The van der Waals surface area contributed by atoms with Crippen molar-refractivity contribution in [2.75, 3.05) is 0 Å². The normalized spacial score (nSPS) is 14.8. The van der Waals surface area contributed by atoms with Crippen LogP contribution in [-0.2, 0) is 0 Å². The van der Waals surface area contributed by atoms with E-state index in [2.05, 4.69) is 25.7 Å². The maximum Gasteiger partial charge on any atom is 0.0406 e. The van der Waals surface area contributed by atoms with Crippen LogP contribution in [0.25, 0.3) is 0 Å². The number of hydrogen-bond acceptors (Lipinski definition) is 1. The largest absolute Gasteiger partial charge is 0.304 e. The predicted octanol–water partition coefficient (Wildman–Crippen LogP) is 3.57. The van der Waals surface area contributed by atoms with Crippen LogP contribution in [0.15, 0.2) is 36.9 Å². The fraction of sp³-hybridized carbons (Fsp3) is 0.333. The maximum atomic E-state index is 5.81. The lowest BCUT2D eigenvalue weighted by Gasteiger charge is -2.17. The van der Waals surface area contributed by atoms with Crippen LogP contribution in [0, 0.1) is 0 Å². The molecule has 1 N–H and O–H groups in total. The van der Waals surface area contributed by atoms with Gasteiger partial charge in [0.1, 0.15) is 0 Å². The molecule has 0 spiro atoms. The van der Waals surface area contributed by atoms with Gasteiger partial charge in [-0.25, -0.2) is 0 Å². The van der Waals surface area contributed by atoms with E-state index in [4.69, 9.17) is 11.6 Å². The van der Waals surface area contributed by atoms with Crippen LogP contribution < -0.4 is 5.32 Å². The van der Waals surface area contributed by atoms with Gasteiger partial charge in [-0.1, -0.05) is 29.8 Å². The average molecular weight is 210 g/mol. The molecule has 1 nitrogen and oxygen atoms in total. The monoisotopic (exact) mass is 209 g/mol. The van der Waals surface area contributed by atoms with Crippen molar-refractivity contribution in [2.24, 2.45) is 0 Å². The average Bonchev–Trinajstić information content (AvgIpc) is 2.18. The number of rotatable bonds is 4. The van der Waals surface area contributed by atoms with Crippen LogP contribution in [0.3, 0.4) is 0 Å². The van der Waals surface area contributed by atoms with Gasteiger partial charge in [0.25, 0.3) is 0 Å². The van der Waals surface area contributed by atoms with E-state index in [1.54, 1.807) is 0 Å². The first-order valence-corrected chi connectivity index (χ1v) is 5.15. The molecular formula is C12H16ClN. The Kier molecular flexibility index (Phi) is 4.18. The number of benzene rings is 1. The summed E-state index contributed by atoms with van der Waals surface area (Å²) < 4.78 is 0. The topological polar surface area (TPSA) is 12.0 Å². The summed E-state index contributed by atoms with van der Waals surface area (Å²) in [5, 5.41) is 4.18. The summed E-state index contributed by atoms with van der Waals surface area (Å²) >= 11 is 5.81. The molecule has 0 aromatic heterocycles. The third kappa shape index (κ3) is 3.17. The third-order valence-electron chi connectivity index (χ3n) is 2.24. The molecule has 0 amide bonds. The molecule has 1 rings (SSSR count). The molecule has 2 heteroatoms. The highest BCUT2D eigenvalue weighted by atomic mass is 35.5. The van der Waals surface area contributed by atoms with Crippen molar-refractivity contribution >= 4 is 11.6 Å². The molecule has 0 saturated carbocycles. The Balaban J connectivity index is 2.64. The minimum Gasteiger partial charge on any atom is -0.304 e. The quantitative estimate of drug-likeness (QED) is 0.748. The van der Waals surface area contributed by atoms with Gasteiger partial charge in [0.2, 0.25) is 0 Å². The van der Waals surface area contributed by atoms with Crippen LogP contribution in [-0.4, -0.2) is 6.04 Å². The van der Waals surface area contributed by atoms with Crippen LogP contribution in [0.2, 0.25) is 5.02 Å². The van der Waals surface area contributed by atoms with Gasteiger partial charge in [-0.15, -0.1) is 6.58 Å². The molecule has 0 aliphatic rings. The van der Waals surface area contributed by atoms with Crippen LogP contribution >= 0.6 is 11.6 Å². The lowest BCUT2D eigenvalue weighted by atomic mass is 10.1. The third-order valence-corrected chi connectivity index (χ3v) is 2.49. The van der Waals surface area contributed by atoms with Crippen molar-refractivity contribution in [3.63, 3.8) is 0 Å². The summed E-state index contributed by atoms with van der Waals surface area (Å²) in [4.78, 5) is 0. The van der Waals surface area contributed by atoms with Crippen molar-refractivity contribution in [1.29, 1.82) is 0 Å². The van der Waals surface area contributed by atoms with Crippen molar-refractivity contribution in [1.82, 2.24) is 5.32 Å². The minimum absolute atomic E-state index is 0.320. The zero-order chi connectivity index (χ0) is 10.6. The maximum absolute atomic E-state index is 5.81. The van der Waals surface area contributed by atoms with Gasteiger partial charge in [-0.05, 0) is 31.5 Å². The highest BCUT2D eigenvalue weighted by Crippen LogP contribution is 2.16. The number of nitrogens with one attached hydrogen (secondary N) is 1. The Morgan fingerprint density at radius 2 is 1.86 bits per heavy atom. The summed E-state index contributed by atoms with van der Waals surface area (Å²) in [6, 6.07) is 8.54. The Bertz CT molecular complexity index is 292. The van der Waals surface area contributed by atoms with E-state index < -0.39 is 0 Å². The van der Waals surface area contributed by atoms with Gasteiger partial charge < -0.3 is 5.32 Å². The minimum atomic E-state index is 0.320. The van der Waals surface area contributed by atoms with E-state index in [1.165, 1.54) is 5.56 Å². The molecule has 1 aromatic carbocycles. The highest BCUT2D eigenvalue weighted by Gasteiger charge is 2.06. The second-order valence-corrected chi connectivity index (χ2v) is 3.90. The first-order chi connectivity index (χ1) is 6.63. The van der Waals surface area contributed by atoms with Gasteiger partial charge in [-0.3, -0.25) is 0 Å². The van der Waals surface area contributed by atoms with Gasteiger partial charge >= 0.3 is 0 Å². The molecular weight excluding hydrogens is 194 g/mol. The summed E-state index contributed by atoms with van der Waals surface area (Å²) in [6.07, 6.45) is 1.90. The number of halogens is 1. The van der Waals surface area contributed by atoms with E-state index in [1.807, 2.05) is 30.3 Å². The molecule has 0 saturated heterocycles. The predicted molar refractivity (Wildman–Crippen MR) is 62.7 cm³/mol. The van der Waals surface area contributed by atoms with E-state index in [-0.39, 0.29) is 0 Å². The summed E-state index contributed by atoms with van der Waals surface area (Å²) in [5.74, 6) is 0. The second kappa shape index (κ2) is 5.18.